The Bertz CT molecular complexity index is 893. The van der Waals surface area contributed by atoms with Gasteiger partial charge in [0.15, 0.2) is 0 Å². The van der Waals surface area contributed by atoms with Crippen molar-refractivity contribution in [1.82, 2.24) is 10.3 Å². The van der Waals surface area contributed by atoms with Crippen LogP contribution in [0.25, 0.3) is 10.9 Å². The summed E-state index contributed by atoms with van der Waals surface area (Å²) in [7, 11) is 0. The Kier molecular flexibility index (Phi) is 5.43. The summed E-state index contributed by atoms with van der Waals surface area (Å²) in [5, 5.41) is 14.0. The molecular formula is C20H23ClN4O2. The van der Waals surface area contributed by atoms with Gasteiger partial charge in [0.05, 0.1) is 16.8 Å². The second-order valence-corrected chi connectivity index (χ2v) is 8.14. The lowest BCUT2D eigenvalue weighted by molar-refractivity contribution is 0.0497. The first-order chi connectivity index (χ1) is 12.8. The van der Waals surface area contributed by atoms with Gasteiger partial charge >= 0.3 is 6.09 Å². The molecule has 0 saturated carbocycles. The van der Waals surface area contributed by atoms with E-state index >= 15 is 0 Å². The fourth-order valence-corrected chi connectivity index (χ4v) is 3.47. The number of alkyl carbamates (subject to hydrolysis) is 1. The number of pyridine rings is 1. The van der Waals surface area contributed by atoms with Crippen molar-refractivity contribution in [2.45, 2.75) is 45.3 Å². The second kappa shape index (κ2) is 7.61. The van der Waals surface area contributed by atoms with Gasteiger partial charge in [-0.2, -0.15) is 5.26 Å². The number of anilines is 1. The Morgan fingerprint density at radius 1 is 1.37 bits per heavy atom. The molecule has 2 aromatic rings. The minimum Gasteiger partial charge on any atom is -0.444 e. The highest BCUT2D eigenvalue weighted by Gasteiger charge is 2.26. The van der Waals surface area contributed by atoms with Crippen LogP contribution in [0.1, 0.15) is 39.2 Å². The van der Waals surface area contributed by atoms with Gasteiger partial charge in [0.2, 0.25) is 0 Å². The van der Waals surface area contributed by atoms with E-state index in [-0.39, 0.29) is 12.1 Å². The molecule has 0 radical (unpaired) electrons. The van der Waals surface area contributed by atoms with Gasteiger partial charge in [0.1, 0.15) is 11.7 Å². The van der Waals surface area contributed by atoms with Crippen LogP contribution in [-0.2, 0) is 4.74 Å². The highest BCUT2D eigenvalue weighted by Crippen LogP contribution is 2.33. The number of nitrogens with one attached hydrogen (secondary N) is 1. The van der Waals surface area contributed by atoms with Gasteiger partial charge < -0.3 is 15.0 Å². The van der Waals surface area contributed by atoms with Crippen molar-refractivity contribution in [3.05, 3.63) is 35.0 Å². The molecular weight excluding hydrogens is 364 g/mol. The number of benzene rings is 1. The lowest BCUT2D eigenvalue weighted by Gasteiger charge is -2.35. The number of nitriles is 1. The number of piperidine rings is 1. The highest BCUT2D eigenvalue weighted by molar-refractivity contribution is 6.31. The molecule has 7 heteroatoms. The fourth-order valence-electron chi connectivity index (χ4n) is 3.29. The van der Waals surface area contributed by atoms with Gasteiger partial charge in [0, 0.05) is 35.7 Å². The monoisotopic (exact) mass is 386 g/mol. The molecule has 27 heavy (non-hydrogen) atoms. The largest absolute Gasteiger partial charge is 0.444 e. The van der Waals surface area contributed by atoms with Crippen molar-refractivity contribution in [1.29, 1.82) is 5.26 Å². The molecule has 1 amide bonds. The van der Waals surface area contributed by atoms with Gasteiger partial charge in [-0.05, 0) is 51.8 Å². The lowest BCUT2D eigenvalue weighted by Crippen LogP contribution is -2.46. The zero-order chi connectivity index (χ0) is 19.6. The van der Waals surface area contributed by atoms with Crippen LogP contribution in [0, 0.1) is 11.3 Å². The Morgan fingerprint density at radius 2 is 2.07 bits per heavy atom. The van der Waals surface area contributed by atoms with E-state index in [0.29, 0.717) is 10.6 Å². The predicted octanol–water partition coefficient (Wildman–Crippen LogP) is 4.25. The fraction of sp³-hybridized carbons (Fsp3) is 0.450. The Labute approximate surface area is 164 Å². The van der Waals surface area contributed by atoms with Crippen LogP contribution >= 0.6 is 11.6 Å². The third-order valence-corrected chi connectivity index (χ3v) is 4.69. The van der Waals surface area contributed by atoms with Crippen molar-refractivity contribution in [3.63, 3.8) is 0 Å². The second-order valence-electron chi connectivity index (χ2n) is 7.70. The van der Waals surface area contributed by atoms with Gasteiger partial charge in [-0.25, -0.2) is 4.79 Å². The number of halogens is 1. The Balaban J connectivity index is 1.76. The maximum Gasteiger partial charge on any atom is 0.407 e. The minimum absolute atomic E-state index is 0.0540. The average molecular weight is 387 g/mol. The maximum absolute atomic E-state index is 12.0. The molecule has 1 N–H and O–H groups in total. The standard InChI is InChI=1S/C20H23ClN4O2/c1-20(2,3)27-19(26)24-15-6-8-25(9-7-15)18-13(11-22)12-23-17-5-4-14(21)10-16(17)18/h4-5,10,12,15H,6-9H2,1-3H3,(H,24,26). The third kappa shape index (κ3) is 4.61. The first-order valence-corrected chi connectivity index (χ1v) is 9.37. The van der Waals surface area contributed by atoms with E-state index in [1.54, 1.807) is 12.3 Å². The molecule has 1 fully saturated rings. The van der Waals surface area contributed by atoms with E-state index in [2.05, 4.69) is 21.3 Å². The van der Waals surface area contributed by atoms with Crippen LogP contribution in [0.5, 0.6) is 0 Å². The van der Waals surface area contributed by atoms with Crippen LogP contribution in [-0.4, -0.2) is 35.8 Å². The quantitative estimate of drug-likeness (QED) is 0.834. The zero-order valence-corrected chi connectivity index (χ0v) is 16.5. The number of aromatic nitrogens is 1. The Morgan fingerprint density at radius 3 is 2.70 bits per heavy atom. The number of amides is 1. The van der Waals surface area contributed by atoms with Crippen molar-refractivity contribution in [2.75, 3.05) is 18.0 Å². The summed E-state index contributed by atoms with van der Waals surface area (Å²) in [6.07, 6.45) is 2.76. The number of hydrogen-bond acceptors (Lipinski definition) is 5. The molecule has 0 unspecified atom stereocenters. The molecule has 6 nitrogen and oxygen atoms in total. The molecule has 3 rings (SSSR count). The van der Waals surface area contributed by atoms with Crippen molar-refractivity contribution >= 4 is 34.3 Å². The van der Waals surface area contributed by atoms with Crippen LogP contribution in [0.4, 0.5) is 10.5 Å². The van der Waals surface area contributed by atoms with Gasteiger partial charge in [-0.1, -0.05) is 11.6 Å². The normalized spacial score (nSPS) is 15.4. The van der Waals surface area contributed by atoms with Crippen molar-refractivity contribution in [3.8, 4) is 6.07 Å². The summed E-state index contributed by atoms with van der Waals surface area (Å²) >= 11 is 6.17. The average Bonchev–Trinajstić information content (AvgIpc) is 2.59. The summed E-state index contributed by atoms with van der Waals surface area (Å²) < 4.78 is 5.33. The summed E-state index contributed by atoms with van der Waals surface area (Å²) in [6.45, 7) is 6.98. The molecule has 1 aromatic carbocycles. The molecule has 142 valence electrons. The predicted molar refractivity (Wildman–Crippen MR) is 106 cm³/mol. The smallest absolute Gasteiger partial charge is 0.407 e. The SMILES string of the molecule is CC(C)(C)OC(=O)NC1CCN(c2c(C#N)cnc3ccc(Cl)cc23)CC1. The van der Waals surface area contributed by atoms with E-state index in [9.17, 15) is 10.1 Å². The number of carbonyl (C=O) groups is 1. The molecule has 0 spiro atoms. The molecule has 1 saturated heterocycles. The van der Waals surface area contributed by atoms with Crippen molar-refractivity contribution in [2.24, 2.45) is 0 Å². The van der Waals surface area contributed by atoms with Gasteiger partial charge in [-0.15, -0.1) is 0 Å². The maximum atomic E-state index is 12.0. The van der Waals surface area contributed by atoms with E-state index in [1.807, 2.05) is 32.9 Å². The molecule has 0 aliphatic carbocycles. The van der Waals surface area contributed by atoms with Crippen LogP contribution in [0.15, 0.2) is 24.4 Å². The van der Waals surface area contributed by atoms with Crippen molar-refractivity contribution < 1.29 is 9.53 Å². The number of rotatable bonds is 2. The summed E-state index contributed by atoms with van der Waals surface area (Å²) in [5.74, 6) is 0. The first-order valence-electron chi connectivity index (χ1n) is 8.99. The van der Waals surface area contributed by atoms with Gasteiger partial charge in [0.25, 0.3) is 0 Å². The van der Waals surface area contributed by atoms with Gasteiger partial charge in [-0.3, -0.25) is 4.98 Å². The summed E-state index contributed by atoms with van der Waals surface area (Å²) in [6, 6.07) is 7.80. The molecule has 0 bridgehead atoms. The summed E-state index contributed by atoms with van der Waals surface area (Å²) in [4.78, 5) is 18.5. The molecule has 0 atom stereocenters. The highest BCUT2D eigenvalue weighted by atomic mass is 35.5. The number of hydrogen-bond donors (Lipinski definition) is 1. The molecule has 1 aromatic heterocycles. The molecule has 2 heterocycles. The van der Waals surface area contributed by atoms with E-state index < -0.39 is 5.60 Å². The topological polar surface area (TPSA) is 78.2 Å². The first kappa shape index (κ1) is 19.2. The zero-order valence-electron chi connectivity index (χ0n) is 15.8. The summed E-state index contributed by atoms with van der Waals surface area (Å²) in [5.41, 5.74) is 1.69. The van der Waals surface area contributed by atoms with E-state index in [0.717, 1.165) is 42.5 Å². The minimum atomic E-state index is -0.512. The van der Waals surface area contributed by atoms with Crippen LogP contribution in [0.2, 0.25) is 5.02 Å². The number of carbonyl (C=O) groups excluding carboxylic acids is 1. The number of nitrogens with zero attached hydrogens (tertiary/aromatic N) is 3. The lowest BCUT2D eigenvalue weighted by atomic mass is 10.0. The number of fused-ring (bicyclic) bond motifs is 1. The molecule has 1 aliphatic heterocycles. The Hall–Kier alpha value is -2.52. The molecule has 1 aliphatic rings. The third-order valence-electron chi connectivity index (χ3n) is 4.45. The van der Waals surface area contributed by atoms with Crippen LogP contribution < -0.4 is 10.2 Å². The number of ether oxygens (including phenoxy) is 1. The van der Waals surface area contributed by atoms with E-state index in [4.69, 9.17) is 16.3 Å². The van der Waals surface area contributed by atoms with E-state index in [1.165, 1.54) is 0 Å². The van der Waals surface area contributed by atoms with Crippen LogP contribution in [0.3, 0.4) is 0 Å².